The van der Waals surface area contributed by atoms with Gasteiger partial charge in [0.1, 0.15) is 5.75 Å². The number of aromatic nitrogens is 1. The van der Waals surface area contributed by atoms with Crippen molar-refractivity contribution >= 4 is 16.8 Å². The quantitative estimate of drug-likeness (QED) is 0.942. The molecule has 4 nitrogen and oxygen atoms in total. The Hall–Kier alpha value is -1.97. The highest BCUT2D eigenvalue weighted by molar-refractivity contribution is 5.87. The Morgan fingerprint density at radius 1 is 1.48 bits per heavy atom. The first-order chi connectivity index (χ1) is 10.1. The number of carbonyl (C=O) groups is 1. The van der Waals surface area contributed by atoms with Gasteiger partial charge in [-0.3, -0.25) is 4.79 Å². The lowest BCUT2D eigenvalue weighted by Gasteiger charge is -2.29. The van der Waals surface area contributed by atoms with Crippen molar-refractivity contribution in [2.24, 2.45) is 5.92 Å². The number of ether oxygens (including phenoxy) is 1. The molecule has 0 bridgehead atoms. The van der Waals surface area contributed by atoms with Crippen LogP contribution in [-0.4, -0.2) is 29.4 Å². The summed E-state index contributed by atoms with van der Waals surface area (Å²) in [6.45, 7) is 5.57. The second-order valence-corrected chi connectivity index (χ2v) is 5.81. The number of fused-ring (bicyclic) bond motifs is 3. The molecule has 1 aromatic carbocycles. The van der Waals surface area contributed by atoms with Crippen molar-refractivity contribution in [2.45, 2.75) is 33.2 Å². The highest BCUT2D eigenvalue weighted by Gasteiger charge is 2.26. The summed E-state index contributed by atoms with van der Waals surface area (Å²) >= 11 is 0. The van der Waals surface area contributed by atoms with Gasteiger partial charge < -0.3 is 14.6 Å². The number of benzene rings is 1. The number of hydrogen-bond donors (Lipinski definition) is 1. The van der Waals surface area contributed by atoms with Gasteiger partial charge in [-0.15, -0.1) is 0 Å². The summed E-state index contributed by atoms with van der Waals surface area (Å²) in [5.41, 5.74) is 3.62. The minimum Gasteiger partial charge on any atom is -0.497 e. The third kappa shape index (κ3) is 2.39. The number of nitrogens with zero attached hydrogens (tertiary/aromatic N) is 1. The second-order valence-electron chi connectivity index (χ2n) is 5.81. The third-order valence-electron chi connectivity index (χ3n) is 4.53. The molecule has 0 fully saturated rings. The number of rotatable bonds is 3. The number of nitrogens with one attached hydrogen (secondary N) is 1. The molecule has 3 rings (SSSR count). The number of aromatic amines is 1. The molecule has 1 aromatic heterocycles. The van der Waals surface area contributed by atoms with E-state index in [4.69, 9.17) is 4.74 Å². The molecule has 21 heavy (non-hydrogen) atoms. The van der Waals surface area contributed by atoms with Crippen molar-refractivity contribution in [1.29, 1.82) is 0 Å². The summed E-state index contributed by atoms with van der Waals surface area (Å²) in [5.74, 6) is 1.25. The van der Waals surface area contributed by atoms with Gasteiger partial charge in [-0.2, -0.15) is 0 Å². The minimum atomic E-state index is 0.107. The van der Waals surface area contributed by atoms with Gasteiger partial charge >= 0.3 is 0 Å². The lowest BCUT2D eigenvalue weighted by atomic mass is 10.0. The van der Waals surface area contributed by atoms with E-state index in [1.165, 1.54) is 16.6 Å². The van der Waals surface area contributed by atoms with Crippen LogP contribution in [0.3, 0.4) is 0 Å². The van der Waals surface area contributed by atoms with Crippen molar-refractivity contribution in [3.63, 3.8) is 0 Å². The van der Waals surface area contributed by atoms with Gasteiger partial charge in [0.2, 0.25) is 5.91 Å². The molecule has 1 amide bonds. The Morgan fingerprint density at radius 2 is 2.29 bits per heavy atom. The van der Waals surface area contributed by atoms with E-state index in [2.05, 4.69) is 18.0 Å². The highest BCUT2D eigenvalue weighted by Crippen LogP contribution is 2.30. The van der Waals surface area contributed by atoms with Crippen LogP contribution in [0.2, 0.25) is 0 Å². The number of H-pyrrole nitrogens is 1. The number of methoxy groups -OCH3 is 1. The van der Waals surface area contributed by atoms with E-state index in [1.54, 1.807) is 7.11 Å². The molecule has 0 aliphatic carbocycles. The van der Waals surface area contributed by atoms with E-state index in [-0.39, 0.29) is 11.8 Å². The van der Waals surface area contributed by atoms with Crippen LogP contribution in [0.4, 0.5) is 0 Å². The third-order valence-corrected chi connectivity index (χ3v) is 4.53. The molecule has 0 saturated carbocycles. The maximum atomic E-state index is 12.3. The Morgan fingerprint density at radius 3 is 3.00 bits per heavy atom. The van der Waals surface area contributed by atoms with E-state index in [1.807, 2.05) is 24.0 Å². The summed E-state index contributed by atoms with van der Waals surface area (Å²) in [6.07, 6.45) is 1.80. The van der Waals surface area contributed by atoms with Crippen LogP contribution in [-0.2, 0) is 17.8 Å². The predicted molar refractivity (Wildman–Crippen MR) is 83.4 cm³/mol. The molecule has 4 heteroatoms. The first kappa shape index (κ1) is 14.0. The topological polar surface area (TPSA) is 45.3 Å². The van der Waals surface area contributed by atoms with Gasteiger partial charge in [-0.1, -0.05) is 13.8 Å². The molecule has 1 atom stereocenters. The Bertz CT molecular complexity index is 675. The SMILES string of the molecule is CCC(C)C(=O)N1CCc2c([nH]c3ccc(OC)cc23)C1. The zero-order valence-electron chi connectivity index (χ0n) is 12.9. The molecule has 1 aliphatic rings. The zero-order valence-corrected chi connectivity index (χ0v) is 12.9. The van der Waals surface area contributed by atoms with Crippen molar-refractivity contribution in [1.82, 2.24) is 9.88 Å². The van der Waals surface area contributed by atoms with Gasteiger partial charge in [0.25, 0.3) is 0 Å². The predicted octanol–water partition coefficient (Wildman–Crippen LogP) is 3.11. The largest absolute Gasteiger partial charge is 0.497 e. The van der Waals surface area contributed by atoms with Crippen LogP contribution in [0.5, 0.6) is 5.75 Å². The van der Waals surface area contributed by atoms with Crippen LogP contribution in [0.1, 0.15) is 31.5 Å². The van der Waals surface area contributed by atoms with Crippen LogP contribution >= 0.6 is 0 Å². The van der Waals surface area contributed by atoms with Crippen molar-refractivity contribution in [3.8, 4) is 5.75 Å². The van der Waals surface area contributed by atoms with Crippen LogP contribution in [0.15, 0.2) is 18.2 Å². The zero-order chi connectivity index (χ0) is 15.0. The number of carbonyl (C=O) groups excluding carboxylic acids is 1. The average molecular weight is 286 g/mol. The lowest BCUT2D eigenvalue weighted by molar-refractivity contribution is -0.136. The average Bonchev–Trinajstić information content (AvgIpc) is 2.89. The molecule has 2 heterocycles. The maximum absolute atomic E-state index is 12.3. The fourth-order valence-corrected chi connectivity index (χ4v) is 3.02. The van der Waals surface area contributed by atoms with Gasteiger partial charge in [0.05, 0.1) is 13.7 Å². The molecule has 0 saturated heterocycles. The van der Waals surface area contributed by atoms with Gasteiger partial charge in [-0.25, -0.2) is 0 Å². The summed E-state index contributed by atoms with van der Waals surface area (Å²) in [6, 6.07) is 6.09. The second kappa shape index (κ2) is 5.43. The lowest BCUT2D eigenvalue weighted by Crippen LogP contribution is -2.38. The van der Waals surface area contributed by atoms with Crippen LogP contribution < -0.4 is 4.74 Å². The first-order valence-corrected chi connectivity index (χ1v) is 7.60. The van der Waals surface area contributed by atoms with Crippen LogP contribution in [0.25, 0.3) is 10.9 Å². The van der Waals surface area contributed by atoms with Crippen molar-refractivity contribution in [2.75, 3.05) is 13.7 Å². The van der Waals surface area contributed by atoms with Gasteiger partial charge in [0.15, 0.2) is 0 Å². The molecule has 2 aromatic rings. The molecular weight excluding hydrogens is 264 g/mol. The highest BCUT2D eigenvalue weighted by atomic mass is 16.5. The maximum Gasteiger partial charge on any atom is 0.225 e. The van der Waals surface area contributed by atoms with E-state index >= 15 is 0 Å². The van der Waals surface area contributed by atoms with Gasteiger partial charge in [-0.05, 0) is 36.6 Å². The van der Waals surface area contributed by atoms with E-state index in [0.29, 0.717) is 6.54 Å². The normalized spacial score (nSPS) is 15.9. The molecule has 0 spiro atoms. The summed E-state index contributed by atoms with van der Waals surface area (Å²) < 4.78 is 5.31. The Kier molecular flexibility index (Phi) is 3.62. The molecule has 112 valence electrons. The van der Waals surface area contributed by atoms with Crippen molar-refractivity contribution in [3.05, 3.63) is 29.5 Å². The van der Waals surface area contributed by atoms with E-state index in [0.717, 1.165) is 30.7 Å². The van der Waals surface area contributed by atoms with Crippen molar-refractivity contribution < 1.29 is 9.53 Å². The first-order valence-electron chi connectivity index (χ1n) is 7.60. The Labute approximate surface area is 125 Å². The molecule has 1 aliphatic heterocycles. The Balaban J connectivity index is 1.92. The fourth-order valence-electron chi connectivity index (χ4n) is 3.02. The smallest absolute Gasteiger partial charge is 0.225 e. The summed E-state index contributed by atoms with van der Waals surface area (Å²) in [7, 11) is 1.69. The number of amides is 1. The molecule has 1 N–H and O–H groups in total. The number of hydrogen-bond acceptors (Lipinski definition) is 2. The van der Waals surface area contributed by atoms with Crippen LogP contribution in [0, 0.1) is 5.92 Å². The fraction of sp³-hybridized carbons (Fsp3) is 0.471. The molecule has 0 radical (unpaired) electrons. The van der Waals surface area contributed by atoms with E-state index in [9.17, 15) is 4.79 Å². The van der Waals surface area contributed by atoms with E-state index < -0.39 is 0 Å². The summed E-state index contributed by atoms with van der Waals surface area (Å²) in [5, 5.41) is 1.22. The monoisotopic (exact) mass is 286 g/mol. The summed E-state index contributed by atoms with van der Waals surface area (Å²) in [4.78, 5) is 17.8. The minimum absolute atomic E-state index is 0.107. The molecule has 1 unspecified atom stereocenters. The molecular formula is C17H22N2O2. The van der Waals surface area contributed by atoms with Gasteiger partial charge in [0, 0.05) is 29.1 Å². The standard InChI is InChI=1S/C17H22N2O2/c1-4-11(2)17(20)19-8-7-13-14-9-12(21-3)5-6-15(14)18-16(13)10-19/h5-6,9,11,18H,4,7-8,10H2,1-3H3.